The fraction of sp³-hybridized carbons (Fsp3) is 0.395. The maximum absolute atomic E-state index is 16.0. The summed E-state index contributed by atoms with van der Waals surface area (Å²) in [7, 11) is 3.70. The normalized spacial score (nSPS) is 18.6. The zero-order chi connectivity index (χ0) is 34.2. The van der Waals surface area contributed by atoms with E-state index in [4.69, 9.17) is 15.8 Å². The van der Waals surface area contributed by atoms with E-state index >= 15 is 8.78 Å². The summed E-state index contributed by atoms with van der Waals surface area (Å²) in [6, 6.07) is 14.9. The van der Waals surface area contributed by atoms with E-state index in [-0.39, 0.29) is 22.5 Å². The molecule has 10 heteroatoms. The smallest absolute Gasteiger partial charge is 0.161 e. The molecule has 6 nitrogen and oxygen atoms in total. The molecule has 48 heavy (non-hydrogen) atoms. The molecule has 6 rings (SSSR count). The lowest BCUT2D eigenvalue weighted by Crippen LogP contribution is -2.27. The van der Waals surface area contributed by atoms with Crippen LogP contribution in [0.3, 0.4) is 0 Å². The SMILES string of the molecule is Cn1nc2nc1-c1cc(c(N)cc1F)Sc1c(F)cc3c(ccn3C)c1CCSCC(C)(C)CCC[C@]2(C)c1cccc(CCC=O)c1. The molecule has 0 amide bonds. The molecule has 252 valence electrons. The Hall–Kier alpha value is -3.63. The van der Waals surface area contributed by atoms with Crippen molar-refractivity contribution in [1.82, 2.24) is 19.3 Å². The fourth-order valence-corrected chi connectivity index (χ4v) is 9.03. The van der Waals surface area contributed by atoms with Crippen LogP contribution in [0, 0.1) is 17.0 Å². The molecule has 3 aromatic carbocycles. The molecule has 0 saturated carbocycles. The highest BCUT2D eigenvalue weighted by atomic mass is 32.2. The summed E-state index contributed by atoms with van der Waals surface area (Å²) in [4.78, 5) is 17.2. The van der Waals surface area contributed by atoms with Crippen LogP contribution in [0.15, 0.2) is 64.5 Å². The molecule has 0 fully saturated rings. The summed E-state index contributed by atoms with van der Waals surface area (Å²) in [5.74, 6) is 1.97. The number of halogens is 2. The van der Waals surface area contributed by atoms with Gasteiger partial charge in [0.05, 0.1) is 21.4 Å². The van der Waals surface area contributed by atoms with Crippen molar-refractivity contribution in [2.45, 2.75) is 74.5 Å². The maximum Gasteiger partial charge on any atom is 0.161 e. The van der Waals surface area contributed by atoms with E-state index in [9.17, 15) is 4.79 Å². The number of thioether (sulfide) groups is 1. The van der Waals surface area contributed by atoms with Gasteiger partial charge in [0.25, 0.3) is 0 Å². The van der Waals surface area contributed by atoms with Crippen LogP contribution in [0.25, 0.3) is 22.3 Å². The van der Waals surface area contributed by atoms with Gasteiger partial charge in [-0.25, -0.2) is 18.4 Å². The van der Waals surface area contributed by atoms with Crippen molar-refractivity contribution in [2.24, 2.45) is 19.5 Å². The molecule has 0 spiro atoms. The van der Waals surface area contributed by atoms with E-state index in [2.05, 4.69) is 32.9 Å². The lowest BCUT2D eigenvalue weighted by Gasteiger charge is -2.30. The number of nitrogen functional groups attached to an aromatic ring is 1. The number of hydrogen-bond acceptors (Lipinski definition) is 6. The van der Waals surface area contributed by atoms with Gasteiger partial charge in [0.15, 0.2) is 11.6 Å². The lowest BCUT2D eigenvalue weighted by molar-refractivity contribution is -0.107. The summed E-state index contributed by atoms with van der Waals surface area (Å²) in [5, 5.41) is 5.93. The van der Waals surface area contributed by atoms with E-state index in [0.717, 1.165) is 64.6 Å². The van der Waals surface area contributed by atoms with Gasteiger partial charge in [-0.1, -0.05) is 56.3 Å². The third-order valence-electron chi connectivity index (χ3n) is 9.64. The number of hydrogen-bond donors (Lipinski definition) is 1. The van der Waals surface area contributed by atoms with Gasteiger partial charge in [0.1, 0.15) is 17.9 Å². The van der Waals surface area contributed by atoms with E-state index in [0.29, 0.717) is 40.7 Å². The molecular weight excluding hydrogens is 645 g/mol. The fourth-order valence-electron chi connectivity index (χ4n) is 6.77. The number of carbonyl (C=O) groups is 1. The second-order valence-corrected chi connectivity index (χ2v) is 16.1. The highest BCUT2D eigenvalue weighted by molar-refractivity contribution is 7.99. The van der Waals surface area contributed by atoms with Gasteiger partial charge in [-0.3, -0.25) is 0 Å². The first-order valence-electron chi connectivity index (χ1n) is 16.5. The van der Waals surface area contributed by atoms with Gasteiger partial charge in [0, 0.05) is 42.7 Å². The third kappa shape index (κ3) is 6.79. The van der Waals surface area contributed by atoms with E-state index in [1.807, 2.05) is 47.8 Å². The number of aromatic nitrogens is 4. The predicted molar refractivity (Wildman–Crippen MR) is 194 cm³/mol. The molecule has 0 radical (unpaired) electrons. The van der Waals surface area contributed by atoms with Crippen molar-refractivity contribution in [3.63, 3.8) is 0 Å². The Morgan fingerprint density at radius 3 is 2.65 bits per heavy atom. The van der Waals surface area contributed by atoms with Crippen LogP contribution < -0.4 is 5.73 Å². The first-order valence-corrected chi connectivity index (χ1v) is 18.4. The Kier molecular flexibility index (Phi) is 9.78. The van der Waals surface area contributed by atoms with Gasteiger partial charge in [0.2, 0.25) is 0 Å². The minimum atomic E-state index is -0.563. The number of nitrogens with zero attached hydrogens (tertiary/aromatic N) is 4. The number of benzene rings is 3. The minimum Gasteiger partial charge on any atom is -0.398 e. The van der Waals surface area contributed by atoms with E-state index in [1.54, 1.807) is 23.9 Å². The number of carbonyl (C=O) groups excluding carboxylic acids is 1. The van der Waals surface area contributed by atoms with Gasteiger partial charge in [-0.15, -0.1) is 0 Å². The Labute approximate surface area is 289 Å². The Morgan fingerprint density at radius 1 is 1.04 bits per heavy atom. The average Bonchev–Trinajstić information content (AvgIpc) is 3.62. The van der Waals surface area contributed by atoms with Gasteiger partial charge in [-0.05, 0) is 90.5 Å². The Bertz CT molecular complexity index is 1980. The van der Waals surface area contributed by atoms with Crippen molar-refractivity contribution in [1.29, 1.82) is 0 Å². The molecule has 1 atom stereocenters. The predicted octanol–water partition coefficient (Wildman–Crippen LogP) is 8.91. The molecule has 1 aliphatic rings. The van der Waals surface area contributed by atoms with Crippen LogP contribution in [0.1, 0.15) is 69.0 Å². The molecular formula is C38H43F2N5OS2. The molecule has 5 aromatic rings. The summed E-state index contributed by atoms with van der Waals surface area (Å²) < 4.78 is 35.3. The molecule has 0 aliphatic carbocycles. The lowest BCUT2D eigenvalue weighted by atomic mass is 9.75. The van der Waals surface area contributed by atoms with E-state index < -0.39 is 11.2 Å². The van der Waals surface area contributed by atoms with Crippen LogP contribution in [-0.4, -0.2) is 37.1 Å². The molecule has 2 aromatic heterocycles. The number of aryl methyl sites for hydroxylation is 4. The van der Waals surface area contributed by atoms with Crippen molar-refractivity contribution in [2.75, 3.05) is 17.2 Å². The molecule has 3 heterocycles. The van der Waals surface area contributed by atoms with Gasteiger partial charge in [-0.2, -0.15) is 16.9 Å². The first kappa shape index (κ1) is 34.2. The van der Waals surface area contributed by atoms with Crippen LogP contribution in [0.4, 0.5) is 14.5 Å². The second-order valence-electron chi connectivity index (χ2n) is 13.9. The zero-order valence-electron chi connectivity index (χ0n) is 28.3. The van der Waals surface area contributed by atoms with Gasteiger partial charge >= 0.3 is 0 Å². The number of anilines is 1. The number of fused-ring (bicyclic) bond motifs is 8. The standard InChI is InChI=1S/C38H43F2N5OS2/c1-37(2)14-8-15-38(3,25-11-6-9-24(19-25)10-7-17-46)36-42-35(45(5)43-36)28-20-33(31(41)21-29(28)39)48-34-27(13-18-47-23-37)26-12-16-44(4)32(26)22-30(34)40/h6,9,11-12,16-17,19-22H,7-8,10,13-15,18,23,41H2,1-5H3/t38-/m1/s1. The Morgan fingerprint density at radius 2 is 1.85 bits per heavy atom. The summed E-state index contributed by atoms with van der Waals surface area (Å²) in [6.07, 6.45) is 7.45. The highest BCUT2D eigenvalue weighted by Crippen LogP contribution is 2.44. The van der Waals surface area contributed by atoms with Crippen LogP contribution >= 0.6 is 23.5 Å². The summed E-state index contributed by atoms with van der Waals surface area (Å²) >= 11 is 3.14. The topological polar surface area (TPSA) is 78.7 Å². The molecule has 2 N–H and O–H groups in total. The average molecular weight is 688 g/mol. The van der Waals surface area contributed by atoms with Crippen molar-refractivity contribution in [3.8, 4) is 11.4 Å². The largest absolute Gasteiger partial charge is 0.398 e. The molecule has 0 unspecified atom stereocenters. The molecule has 4 bridgehead atoms. The highest BCUT2D eigenvalue weighted by Gasteiger charge is 2.35. The number of aldehydes is 1. The van der Waals surface area contributed by atoms with Crippen LogP contribution in [0.5, 0.6) is 0 Å². The summed E-state index contributed by atoms with van der Waals surface area (Å²) in [6.45, 7) is 6.78. The Balaban J connectivity index is 1.50. The van der Waals surface area contributed by atoms with Crippen molar-refractivity contribution >= 4 is 46.4 Å². The van der Waals surface area contributed by atoms with Crippen molar-refractivity contribution in [3.05, 3.63) is 88.9 Å². The third-order valence-corrected chi connectivity index (χ3v) is 12.3. The molecule has 0 saturated heterocycles. The van der Waals surface area contributed by atoms with Crippen LogP contribution in [-0.2, 0) is 37.1 Å². The second kappa shape index (κ2) is 13.7. The van der Waals surface area contributed by atoms with E-state index in [1.165, 1.54) is 17.8 Å². The van der Waals surface area contributed by atoms with Gasteiger partial charge < -0.3 is 15.1 Å². The quantitative estimate of drug-likeness (QED) is 0.150. The number of rotatable bonds is 4. The minimum absolute atomic E-state index is 0.0716. The first-order chi connectivity index (χ1) is 22.9. The zero-order valence-corrected chi connectivity index (χ0v) is 29.9. The maximum atomic E-state index is 16.0. The van der Waals surface area contributed by atoms with Crippen LogP contribution in [0.2, 0.25) is 0 Å². The monoisotopic (exact) mass is 687 g/mol. The molecule has 1 aliphatic heterocycles. The van der Waals surface area contributed by atoms with Crippen molar-refractivity contribution < 1.29 is 13.6 Å². The summed E-state index contributed by atoms with van der Waals surface area (Å²) in [5.41, 5.74) is 10.4. The number of nitrogens with two attached hydrogens (primary N) is 1.